The van der Waals surface area contributed by atoms with Crippen LogP contribution in [0.2, 0.25) is 0 Å². The lowest BCUT2D eigenvalue weighted by Gasteiger charge is -2.32. The summed E-state index contributed by atoms with van der Waals surface area (Å²) in [5.74, 6) is 3.67. The summed E-state index contributed by atoms with van der Waals surface area (Å²) in [7, 11) is 0. The first-order chi connectivity index (χ1) is 13.7. The lowest BCUT2D eigenvalue weighted by molar-refractivity contribution is 0.445. The number of piperidine rings is 1. The van der Waals surface area contributed by atoms with E-state index in [1.54, 1.807) is 6.33 Å². The Kier molecular flexibility index (Phi) is 5.28. The van der Waals surface area contributed by atoms with Gasteiger partial charge in [-0.2, -0.15) is 0 Å². The molecule has 1 unspecified atom stereocenters. The summed E-state index contributed by atoms with van der Waals surface area (Å²) in [5, 5.41) is 3.30. The minimum Gasteiger partial charge on any atom is -0.457 e. The van der Waals surface area contributed by atoms with Crippen molar-refractivity contribution in [3.63, 3.8) is 0 Å². The van der Waals surface area contributed by atoms with E-state index in [1.807, 2.05) is 54.6 Å². The molecule has 0 spiro atoms. The van der Waals surface area contributed by atoms with E-state index in [4.69, 9.17) is 10.5 Å². The van der Waals surface area contributed by atoms with Gasteiger partial charge in [0.05, 0.1) is 0 Å². The SMILES string of the molecule is CC1CCCN(c2ncnc(Nc3ccc(Oc4ccccc4)cc3)c2N)C1. The maximum Gasteiger partial charge on any atom is 0.159 e. The molecule has 3 aromatic rings. The fourth-order valence-corrected chi connectivity index (χ4v) is 3.49. The van der Waals surface area contributed by atoms with E-state index in [2.05, 4.69) is 27.1 Å². The lowest BCUT2D eigenvalue weighted by Crippen LogP contribution is -2.35. The van der Waals surface area contributed by atoms with Crippen molar-refractivity contribution in [1.82, 2.24) is 9.97 Å². The summed E-state index contributed by atoms with van der Waals surface area (Å²) < 4.78 is 5.83. The van der Waals surface area contributed by atoms with Crippen LogP contribution < -0.4 is 20.7 Å². The molecule has 0 amide bonds. The Morgan fingerprint density at radius 2 is 1.79 bits per heavy atom. The molecule has 144 valence electrons. The molecule has 0 bridgehead atoms. The highest BCUT2D eigenvalue weighted by Gasteiger charge is 2.21. The van der Waals surface area contributed by atoms with E-state index >= 15 is 0 Å². The normalized spacial score (nSPS) is 16.6. The summed E-state index contributed by atoms with van der Waals surface area (Å²) in [5.41, 5.74) is 7.86. The smallest absolute Gasteiger partial charge is 0.159 e. The van der Waals surface area contributed by atoms with E-state index in [0.29, 0.717) is 17.4 Å². The van der Waals surface area contributed by atoms with Crippen molar-refractivity contribution in [3.05, 3.63) is 60.9 Å². The summed E-state index contributed by atoms with van der Waals surface area (Å²) in [6.07, 6.45) is 3.99. The Hall–Kier alpha value is -3.28. The van der Waals surface area contributed by atoms with Crippen molar-refractivity contribution >= 4 is 23.0 Å². The van der Waals surface area contributed by atoms with Crippen molar-refractivity contribution in [2.75, 3.05) is 29.0 Å². The minimum atomic E-state index is 0.584. The molecule has 3 N–H and O–H groups in total. The number of hydrogen-bond donors (Lipinski definition) is 2. The third kappa shape index (κ3) is 4.17. The van der Waals surface area contributed by atoms with Gasteiger partial charge in [-0.25, -0.2) is 9.97 Å². The zero-order chi connectivity index (χ0) is 19.3. The molecular weight excluding hydrogens is 350 g/mol. The van der Waals surface area contributed by atoms with Crippen LogP contribution >= 0.6 is 0 Å². The maximum atomic E-state index is 6.39. The van der Waals surface area contributed by atoms with Crippen LogP contribution in [0, 0.1) is 5.92 Å². The third-order valence-electron chi connectivity index (χ3n) is 4.92. The second-order valence-corrected chi connectivity index (χ2v) is 7.22. The van der Waals surface area contributed by atoms with Crippen LogP contribution in [-0.4, -0.2) is 23.1 Å². The monoisotopic (exact) mass is 375 g/mol. The summed E-state index contributed by atoms with van der Waals surface area (Å²) >= 11 is 0. The molecule has 1 aromatic heterocycles. The number of nitrogens with zero attached hydrogens (tertiary/aromatic N) is 3. The van der Waals surface area contributed by atoms with E-state index in [9.17, 15) is 0 Å². The van der Waals surface area contributed by atoms with Crippen LogP contribution in [0.4, 0.5) is 23.0 Å². The van der Waals surface area contributed by atoms with Crippen LogP contribution in [0.5, 0.6) is 11.5 Å². The number of rotatable bonds is 5. The molecule has 1 fully saturated rings. The fourth-order valence-electron chi connectivity index (χ4n) is 3.49. The van der Waals surface area contributed by atoms with Crippen molar-refractivity contribution in [2.24, 2.45) is 5.92 Å². The molecule has 1 aliphatic heterocycles. The number of anilines is 4. The Balaban J connectivity index is 1.47. The number of hydrogen-bond acceptors (Lipinski definition) is 6. The Morgan fingerprint density at radius 3 is 2.54 bits per heavy atom. The van der Waals surface area contributed by atoms with Gasteiger partial charge in [0, 0.05) is 18.8 Å². The average molecular weight is 375 g/mol. The topological polar surface area (TPSA) is 76.3 Å². The molecule has 6 nitrogen and oxygen atoms in total. The maximum absolute atomic E-state index is 6.39. The highest BCUT2D eigenvalue weighted by atomic mass is 16.5. The van der Waals surface area contributed by atoms with Crippen LogP contribution in [0.15, 0.2) is 60.9 Å². The zero-order valence-electron chi connectivity index (χ0n) is 16.0. The van der Waals surface area contributed by atoms with Crippen molar-refractivity contribution in [1.29, 1.82) is 0 Å². The minimum absolute atomic E-state index is 0.584. The summed E-state index contributed by atoms with van der Waals surface area (Å²) in [6, 6.07) is 17.4. The third-order valence-corrected chi connectivity index (χ3v) is 4.92. The molecule has 6 heteroatoms. The van der Waals surface area contributed by atoms with Gasteiger partial charge in [-0.1, -0.05) is 25.1 Å². The number of para-hydroxylation sites is 1. The number of ether oxygens (including phenoxy) is 1. The molecule has 0 aliphatic carbocycles. The average Bonchev–Trinajstić information content (AvgIpc) is 2.72. The molecule has 2 aromatic carbocycles. The van der Waals surface area contributed by atoms with Crippen molar-refractivity contribution < 1.29 is 4.74 Å². The fraction of sp³-hybridized carbons (Fsp3) is 0.273. The quantitative estimate of drug-likeness (QED) is 0.665. The highest BCUT2D eigenvalue weighted by Crippen LogP contribution is 2.32. The first kappa shape index (κ1) is 18.1. The van der Waals surface area contributed by atoms with Gasteiger partial charge in [-0.3, -0.25) is 0 Å². The number of nitrogens with two attached hydrogens (primary N) is 1. The van der Waals surface area contributed by atoms with Gasteiger partial charge in [0.2, 0.25) is 0 Å². The summed E-state index contributed by atoms with van der Waals surface area (Å²) in [4.78, 5) is 11.0. The van der Waals surface area contributed by atoms with Gasteiger partial charge < -0.3 is 20.7 Å². The van der Waals surface area contributed by atoms with E-state index in [1.165, 1.54) is 6.42 Å². The second-order valence-electron chi connectivity index (χ2n) is 7.22. The first-order valence-electron chi connectivity index (χ1n) is 9.64. The Labute approximate surface area is 165 Å². The molecule has 0 radical (unpaired) electrons. The van der Waals surface area contributed by atoms with Gasteiger partial charge in [0.25, 0.3) is 0 Å². The molecular formula is C22H25N5O. The number of aromatic nitrogens is 2. The molecule has 0 saturated carbocycles. The van der Waals surface area contributed by atoms with Crippen molar-refractivity contribution in [3.8, 4) is 11.5 Å². The first-order valence-corrected chi connectivity index (χ1v) is 9.64. The van der Waals surface area contributed by atoms with E-state index in [-0.39, 0.29) is 0 Å². The second kappa shape index (κ2) is 8.17. The van der Waals surface area contributed by atoms with Crippen LogP contribution in [0.3, 0.4) is 0 Å². The van der Waals surface area contributed by atoms with E-state index in [0.717, 1.165) is 42.5 Å². The van der Waals surface area contributed by atoms with Crippen LogP contribution in [-0.2, 0) is 0 Å². The number of nitrogen functional groups attached to an aromatic ring is 1. The largest absolute Gasteiger partial charge is 0.457 e. The standard InChI is InChI=1S/C22H25N5O/c1-16-6-5-13-27(14-16)22-20(23)21(24-15-25-22)26-17-9-11-19(12-10-17)28-18-7-3-2-4-8-18/h2-4,7-12,15-16H,5-6,13-14,23H2,1H3,(H,24,25,26). The predicted molar refractivity (Wildman–Crippen MR) is 113 cm³/mol. The number of nitrogens with one attached hydrogen (secondary N) is 1. The van der Waals surface area contributed by atoms with Gasteiger partial charge in [-0.15, -0.1) is 0 Å². The van der Waals surface area contributed by atoms with Gasteiger partial charge in [0.1, 0.15) is 23.5 Å². The molecule has 2 heterocycles. The van der Waals surface area contributed by atoms with Gasteiger partial charge in [0.15, 0.2) is 11.6 Å². The van der Waals surface area contributed by atoms with E-state index < -0.39 is 0 Å². The molecule has 4 rings (SSSR count). The predicted octanol–water partition coefficient (Wildman–Crippen LogP) is 4.83. The van der Waals surface area contributed by atoms with Gasteiger partial charge >= 0.3 is 0 Å². The van der Waals surface area contributed by atoms with Gasteiger partial charge in [-0.05, 0) is 55.2 Å². The zero-order valence-corrected chi connectivity index (χ0v) is 16.0. The molecule has 28 heavy (non-hydrogen) atoms. The van der Waals surface area contributed by atoms with Crippen LogP contribution in [0.1, 0.15) is 19.8 Å². The van der Waals surface area contributed by atoms with Crippen molar-refractivity contribution in [2.45, 2.75) is 19.8 Å². The Morgan fingerprint density at radius 1 is 1.04 bits per heavy atom. The molecule has 1 atom stereocenters. The molecule has 1 aliphatic rings. The number of benzene rings is 2. The van der Waals surface area contributed by atoms with Crippen LogP contribution in [0.25, 0.3) is 0 Å². The summed E-state index contributed by atoms with van der Waals surface area (Å²) in [6.45, 7) is 4.23. The molecule has 1 saturated heterocycles. The highest BCUT2D eigenvalue weighted by molar-refractivity contribution is 5.78. The lowest BCUT2D eigenvalue weighted by atomic mass is 10.0. The Bertz CT molecular complexity index is 914.